The molecule has 1 aromatic carbocycles. The Morgan fingerprint density at radius 1 is 1.19 bits per heavy atom. The Kier molecular flexibility index (Phi) is 5.72. The molecule has 2 N–H and O–H groups in total. The number of benzene rings is 1. The summed E-state index contributed by atoms with van der Waals surface area (Å²) in [5, 5.41) is 12.9. The molecule has 0 amide bonds. The van der Waals surface area contributed by atoms with Gasteiger partial charge in [-0.05, 0) is 43.2 Å². The summed E-state index contributed by atoms with van der Waals surface area (Å²) in [4.78, 5) is 13.5. The molecule has 27 heavy (non-hydrogen) atoms. The molecule has 2 aliphatic heterocycles. The van der Waals surface area contributed by atoms with Gasteiger partial charge in [0.25, 0.3) is 0 Å². The van der Waals surface area contributed by atoms with E-state index in [2.05, 4.69) is 49.4 Å². The average molecular weight is 367 g/mol. The summed E-state index contributed by atoms with van der Waals surface area (Å²) in [5.74, 6) is 2.19. The van der Waals surface area contributed by atoms with Gasteiger partial charge in [-0.2, -0.15) is 0 Å². The summed E-state index contributed by atoms with van der Waals surface area (Å²) in [6, 6.07) is 10.7. The van der Waals surface area contributed by atoms with Crippen molar-refractivity contribution in [2.24, 2.45) is 5.92 Å². The smallest absolute Gasteiger partial charge is 0.134 e. The van der Waals surface area contributed by atoms with Crippen LogP contribution in [0.2, 0.25) is 0 Å². The van der Waals surface area contributed by atoms with Crippen LogP contribution in [-0.4, -0.2) is 54.4 Å². The van der Waals surface area contributed by atoms with Gasteiger partial charge in [0, 0.05) is 51.1 Å². The summed E-state index contributed by atoms with van der Waals surface area (Å²) in [6.45, 7) is 5.22. The highest BCUT2D eigenvalue weighted by molar-refractivity contribution is 5.57. The molecule has 1 atom stereocenters. The molecule has 0 spiro atoms. The lowest BCUT2D eigenvalue weighted by Gasteiger charge is -2.32. The van der Waals surface area contributed by atoms with Gasteiger partial charge < -0.3 is 20.2 Å². The van der Waals surface area contributed by atoms with Crippen LogP contribution in [0.4, 0.5) is 17.3 Å². The molecule has 3 heterocycles. The number of hydrogen-bond donors (Lipinski definition) is 2. The second-order valence-corrected chi connectivity index (χ2v) is 7.54. The number of aliphatic hydroxyl groups is 1. The van der Waals surface area contributed by atoms with Gasteiger partial charge >= 0.3 is 0 Å². The van der Waals surface area contributed by atoms with Crippen LogP contribution in [0.15, 0.2) is 36.7 Å². The summed E-state index contributed by atoms with van der Waals surface area (Å²) in [5.41, 5.74) is 2.86. The minimum absolute atomic E-state index is 0.256. The SMILES string of the molecule is OCC1CCCN(c2cc(NCCCN3CCc4ccccc43)ncn2)C1. The molecular formula is C21H29N5O. The van der Waals surface area contributed by atoms with Crippen molar-refractivity contribution in [2.75, 3.05) is 54.4 Å². The predicted molar refractivity (Wildman–Crippen MR) is 110 cm³/mol. The number of aliphatic hydroxyl groups excluding tert-OH is 1. The Morgan fingerprint density at radius 3 is 3.04 bits per heavy atom. The Hall–Kier alpha value is -2.34. The highest BCUT2D eigenvalue weighted by Gasteiger charge is 2.20. The monoisotopic (exact) mass is 367 g/mol. The molecule has 0 aliphatic carbocycles. The van der Waals surface area contributed by atoms with Crippen molar-refractivity contribution in [1.82, 2.24) is 9.97 Å². The van der Waals surface area contributed by atoms with Crippen molar-refractivity contribution in [3.8, 4) is 0 Å². The third-order valence-corrected chi connectivity index (χ3v) is 5.65. The number of nitrogens with zero attached hydrogens (tertiary/aromatic N) is 4. The fourth-order valence-electron chi connectivity index (χ4n) is 4.16. The maximum Gasteiger partial charge on any atom is 0.134 e. The van der Waals surface area contributed by atoms with Crippen LogP contribution in [0.3, 0.4) is 0 Å². The standard InChI is InChI=1S/C21H29N5O/c27-15-17-5-3-10-26(14-17)21-13-20(23-16-24-21)22-9-4-11-25-12-8-18-6-1-2-7-19(18)25/h1-2,6-7,13,16-17,27H,3-5,8-12,14-15H2,(H,22,23,24). The van der Waals surface area contributed by atoms with Gasteiger partial charge in [0.2, 0.25) is 0 Å². The lowest BCUT2D eigenvalue weighted by Crippen LogP contribution is -2.37. The number of piperidine rings is 1. The molecular weight excluding hydrogens is 338 g/mol. The minimum Gasteiger partial charge on any atom is -0.396 e. The van der Waals surface area contributed by atoms with E-state index in [-0.39, 0.29) is 6.61 Å². The van der Waals surface area contributed by atoms with E-state index >= 15 is 0 Å². The molecule has 1 unspecified atom stereocenters. The number of para-hydroxylation sites is 1. The van der Waals surface area contributed by atoms with Crippen LogP contribution >= 0.6 is 0 Å². The van der Waals surface area contributed by atoms with E-state index < -0.39 is 0 Å². The third-order valence-electron chi connectivity index (χ3n) is 5.65. The molecule has 4 rings (SSSR count). The van der Waals surface area contributed by atoms with Gasteiger partial charge in [0.05, 0.1) is 0 Å². The first-order valence-corrected chi connectivity index (χ1v) is 10.1. The fraction of sp³-hybridized carbons (Fsp3) is 0.524. The molecule has 0 bridgehead atoms. The number of nitrogens with one attached hydrogen (secondary N) is 1. The molecule has 6 nitrogen and oxygen atoms in total. The Morgan fingerprint density at radius 2 is 2.11 bits per heavy atom. The summed E-state index contributed by atoms with van der Waals surface area (Å²) in [7, 11) is 0. The van der Waals surface area contributed by atoms with Crippen LogP contribution in [-0.2, 0) is 6.42 Å². The lowest BCUT2D eigenvalue weighted by atomic mass is 9.99. The zero-order chi connectivity index (χ0) is 18.5. The summed E-state index contributed by atoms with van der Waals surface area (Å²) < 4.78 is 0. The van der Waals surface area contributed by atoms with Gasteiger partial charge in [-0.3, -0.25) is 0 Å². The maximum absolute atomic E-state index is 9.43. The molecule has 1 saturated heterocycles. The topological polar surface area (TPSA) is 64.5 Å². The van der Waals surface area contributed by atoms with E-state index in [9.17, 15) is 5.11 Å². The van der Waals surface area contributed by atoms with Gasteiger partial charge in [-0.1, -0.05) is 18.2 Å². The normalized spacial score (nSPS) is 19.2. The van der Waals surface area contributed by atoms with Crippen molar-refractivity contribution in [2.45, 2.75) is 25.7 Å². The first-order valence-electron chi connectivity index (χ1n) is 10.1. The zero-order valence-electron chi connectivity index (χ0n) is 15.8. The van der Waals surface area contributed by atoms with Crippen LogP contribution in [0.5, 0.6) is 0 Å². The molecule has 6 heteroatoms. The minimum atomic E-state index is 0.256. The van der Waals surface area contributed by atoms with Crippen molar-refractivity contribution in [1.29, 1.82) is 0 Å². The third kappa shape index (κ3) is 4.33. The van der Waals surface area contributed by atoms with Gasteiger partial charge in [0.15, 0.2) is 0 Å². The number of fused-ring (bicyclic) bond motifs is 1. The van der Waals surface area contributed by atoms with Crippen LogP contribution < -0.4 is 15.1 Å². The van der Waals surface area contributed by atoms with Gasteiger partial charge in [-0.25, -0.2) is 9.97 Å². The maximum atomic E-state index is 9.43. The lowest BCUT2D eigenvalue weighted by molar-refractivity contribution is 0.208. The highest BCUT2D eigenvalue weighted by Crippen LogP contribution is 2.27. The van der Waals surface area contributed by atoms with E-state index in [1.807, 2.05) is 6.07 Å². The molecule has 1 fully saturated rings. The number of rotatable bonds is 7. The van der Waals surface area contributed by atoms with Crippen molar-refractivity contribution in [3.63, 3.8) is 0 Å². The number of aromatic nitrogens is 2. The quantitative estimate of drug-likeness (QED) is 0.734. The van der Waals surface area contributed by atoms with E-state index in [0.717, 1.165) is 70.0 Å². The first kappa shape index (κ1) is 18.0. The Labute approximate surface area is 161 Å². The molecule has 2 aromatic rings. The van der Waals surface area contributed by atoms with E-state index in [0.29, 0.717) is 5.92 Å². The van der Waals surface area contributed by atoms with Crippen molar-refractivity contribution in [3.05, 3.63) is 42.2 Å². The largest absolute Gasteiger partial charge is 0.396 e. The molecule has 2 aliphatic rings. The van der Waals surface area contributed by atoms with Crippen LogP contribution in [0.25, 0.3) is 0 Å². The highest BCUT2D eigenvalue weighted by atomic mass is 16.3. The van der Waals surface area contributed by atoms with Crippen LogP contribution in [0, 0.1) is 5.92 Å². The second-order valence-electron chi connectivity index (χ2n) is 7.54. The van der Waals surface area contributed by atoms with E-state index in [4.69, 9.17) is 0 Å². The molecule has 144 valence electrons. The van der Waals surface area contributed by atoms with E-state index in [1.165, 1.54) is 11.3 Å². The van der Waals surface area contributed by atoms with Crippen LogP contribution in [0.1, 0.15) is 24.8 Å². The molecule has 0 radical (unpaired) electrons. The van der Waals surface area contributed by atoms with Crippen molar-refractivity contribution >= 4 is 17.3 Å². The first-order chi connectivity index (χ1) is 13.3. The average Bonchev–Trinajstić information content (AvgIpc) is 3.15. The predicted octanol–water partition coefficient (Wildman–Crippen LogP) is 2.55. The second kappa shape index (κ2) is 8.57. The van der Waals surface area contributed by atoms with Gasteiger partial charge in [0.1, 0.15) is 18.0 Å². The fourth-order valence-corrected chi connectivity index (χ4v) is 4.16. The summed E-state index contributed by atoms with van der Waals surface area (Å²) in [6.07, 6.45) is 6.07. The Bertz CT molecular complexity index is 753. The zero-order valence-corrected chi connectivity index (χ0v) is 15.8. The van der Waals surface area contributed by atoms with E-state index in [1.54, 1.807) is 6.33 Å². The summed E-state index contributed by atoms with van der Waals surface area (Å²) >= 11 is 0. The molecule has 0 saturated carbocycles. The van der Waals surface area contributed by atoms with Gasteiger partial charge in [-0.15, -0.1) is 0 Å². The van der Waals surface area contributed by atoms with Crippen molar-refractivity contribution < 1.29 is 5.11 Å². The number of anilines is 3. The Balaban J connectivity index is 1.27. The molecule has 1 aromatic heterocycles. The number of hydrogen-bond acceptors (Lipinski definition) is 6.